The Labute approximate surface area is 186 Å². The zero-order valence-corrected chi connectivity index (χ0v) is 18.1. The van der Waals surface area contributed by atoms with Crippen molar-refractivity contribution in [3.05, 3.63) is 65.4 Å². The second kappa shape index (κ2) is 10.7. The van der Waals surface area contributed by atoms with Crippen molar-refractivity contribution < 1.29 is 18.8 Å². The maximum atomic E-state index is 12.9. The number of hydrogen-bond donors (Lipinski definition) is 3. The van der Waals surface area contributed by atoms with Gasteiger partial charge in [-0.3, -0.25) is 14.4 Å². The molecule has 3 N–H and O–H groups in total. The van der Waals surface area contributed by atoms with Crippen molar-refractivity contribution in [3.63, 3.8) is 0 Å². The first-order valence-electron chi connectivity index (χ1n) is 9.17. The van der Waals surface area contributed by atoms with Crippen LogP contribution in [0.4, 0.5) is 21.5 Å². The van der Waals surface area contributed by atoms with Gasteiger partial charge in [-0.2, -0.15) is 0 Å². The van der Waals surface area contributed by atoms with Crippen LogP contribution in [-0.2, 0) is 20.8 Å². The summed E-state index contributed by atoms with van der Waals surface area (Å²) in [6, 6.07) is 12.4. The van der Waals surface area contributed by atoms with E-state index in [-0.39, 0.29) is 35.7 Å². The Hall–Kier alpha value is -3.24. The van der Waals surface area contributed by atoms with Crippen molar-refractivity contribution in [2.45, 2.75) is 17.7 Å². The van der Waals surface area contributed by atoms with E-state index < -0.39 is 0 Å². The number of carbonyl (C=O) groups excluding carboxylic acids is 3. The molecular weight excluding hydrogens is 439 g/mol. The zero-order chi connectivity index (χ0) is 22.2. The summed E-state index contributed by atoms with van der Waals surface area (Å²) in [7, 11) is 0. The lowest BCUT2D eigenvalue weighted by Gasteiger charge is -2.07. The number of amides is 3. The van der Waals surface area contributed by atoms with Crippen LogP contribution in [0, 0.1) is 5.82 Å². The number of rotatable bonds is 8. The molecule has 0 bridgehead atoms. The monoisotopic (exact) mass is 458 g/mol. The van der Waals surface area contributed by atoms with Crippen molar-refractivity contribution in [3.8, 4) is 0 Å². The van der Waals surface area contributed by atoms with Gasteiger partial charge in [0.15, 0.2) is 4.34 Å². The molecule has 2 aromatic carbocycles. The number of nitrogens with one attached hydrogen (secondary N) is 3. The highest BCUT2D eigenvalue weighted by molar-refractivity contribution is 8.01. The number of nitrogens with zero attached hydrogens (tertiary/aromatic N) is 1. The quantitative estimate of drug-likeness (QED) is 0.440. The van der Waals surface area contributed by atoms with E-state index in [1.807, 2.05) is 0 Å². The van der Waals surface area contributed by atoms with E-state index in [1.165, 1.54) is 54.3 Å². The van der Waals surface area contributed by atoms with Crippen LogP contribution in [0.1, 0.15) is 12.6 Å². The van der Waals surface area contributed by atoms with Gasteiger partial charge >= 0.3 is 0 Å². The molecule has 1 aromatic heterocycles. The number of benzene rings is 2. The molecule has 0 fully saturated rings. The molecule has 0 saturated carbocycles. The minimum Gasteiger partial charge on any atom is -0.326 e. The molecule has 3 aromatic rings. The third-order valence-corrected chi connectivity index (χ3v) is 5.86. The van der Waals surface area contributed by atoms with Crippen LogP contribution in [0.5, 0.6) is 0 Å². The maximum Gasteiger partial charge on any atom is 0.234 e. The van der Waals surface area contributed by atoms with Gasteiger partial charge in [0.1, 0.15) is 5.82 Å². The normalized spacial score (nSPS) is 10.4. The Morgan fingerprint density at radius 2 is 1.65 bits per heavy atom. The Morgan fingerprint density at radius 1 is 0.968 bits per heavy atom. The highest BCUT2D eigenvalue weighted by Crippen LogP contribution is 2.24. The molecule has 160 valence electrons. The van der Waals surface area contributed by atoms with E-state index in [2.05, 4.69) is 20.9 Å². The molecule has 31 heavy (non-hydrogen) atoms. The molecule has 0 aliphatic rings. The van der Waals surface area contributed by atoms with Crippen LogP contribution in [0.15, 0.2) is 58.3 Å². The first-order valence-corrected chi connectivity index (χ1v) is 11.0. The second-order valence-electron chi connectivity index (χ2n) is 6.44. The zero-order valence-electron chi connectivity index (χ0n) is 16.5. The van der Waals surface area contributed by atoms with Gasteiger partial charge in [0.2, 0.25) is 17.7 Å². The first-order chi connectivity index (χ1) is 14.9. The summed E-state index contributed by atoms with van der Waals surface area (Å²) in [5, 5.41) is 9.88. The Kier molecular flexibility index (Phi) is 7.74. The molecule has 0 atom stereocenters. The summed E-state index contributed by atoms with van der Waals surface area (Å²) < 4.78 is 13.6. The molecule has 10 heteroatoms. The van der Waals surface area contributed by atoms with Crippen LogP contribution >= 0.6 is 23.1 Å². The van der Waals surface area contributed by atoms with Crippen molar-refractivity contribution in [1.82, 2.24) is 4.98 Å². The number of aromatic nitrogens is 1. The van der Waals surface area contributed by atoms with Gasteiger partial charge in [-0.1, -0.05) is 17.8 Å². The van der Waals surface area contributed by atoms with Crippen LogP contribution in [0.2, 0.25) is 0 Å². The first kappa shape index (κ1) is 22.4. The fourth-order valence-corrected chi connectivity index (χ4v) is 4.19. The number of halogens is 1. The van der Waals surface area contributed by atoms with Crippen LogP contribution in [0.25, 0.3) is 0 Å². The number of thiazole rings is 1. The summed E-state index contributed by atoms with van der Waals surface area (Å²) in [4.78, 5) is 39.8. The predicted octanol–water partition coefficient (Wildman–Crippen LogP) is 4.15. The van der Waals surface area contributed by atoms with Crippen molar-refractivity contribution in [1.29, 1.82) is 0 Å². The molecule has 3 amide bonds. The fraction of sp³-hybridized carbons (Fsp3) is 0.143. The highest BCUT2D eigenvalue weighted by atomic mass is 32.2. The van der Waals surface area contributed by atoms with E-state index in [9.17, 15) is 18.8 Å². The summed E-state index contributed by atoms with van der Waals surface area (Å²) in [5.41, 5.74) is 2.28. The lowest BCUT2D eigenvalue weighted by molar-refractivity contribution is -0.116. The number of hydrogen-bond acceptors (Lipinski definition) is 6. The smallest absolute Gasteiger partial charge is 0.234 e. The topological polar surface area (TPSA) is 100 Å². The van der Waals surface area contributed by atoms with Crippen LogP contribution in [0.3, 0.4) is 0 Å². The third kappa shape index (κ3) is 7.50. The molecule has 0 aliphatic carbocycles. The van der Waals surface area contributed by atoms with E-state index in [4.69, 9.17) is 0 Å². The SMILES string of the molecule is CC(=O)Nc1cccc(NC(=O)CSc2nc(CC(=O)Nc3ccc(F)cc3)cs2)c1. The molecule has 0 spiro atoms. The van der Waals surface area contributed by atoms with Gasteiger partial charge in [0.25, 0.3) is 0 Å². The summed E-state index contributed by atoms with van der Waals surface area (Å²) >= 11 is 2.62. The predicted molar refractivity (Wildman–Crippen MR) is 121 cm³/mol. The third-order valence-electron chi connectivity index (χ3n) is 3.79. The van der Waals surface area contributed by atoms with Crippen LogP contribution < -0.4 is 16.0 Å². The van der Waals surface area contributed by atoms with Crippen molar-refractivity contribution >= 4 is 57.9 Å². The van der Waals surface area contributed by atoms with Crippen molar-refractivity contribution in [2.24, 2.45) is 0 Å². The molecule has 1 heterocycles. The molecule has 0 radical (unpaired) electrons. The number of anilines is 3. The Morgan fingerprint density at radius 3 is 2.35 bits per heavy atom. The number of thioether (sulfide) groups is 1. The van der Waals surface area contributed by atoms with E-state index in [0.29, 0.717) is 27.1 Å². The number of carbonyl (C=O) groups is 3. The maximum absolute atomic E-state index is 12.9. The summed E-state index contributed by atoms with van der Waals surface area (Å²) in [6.45, 7) is 1.41. The van der Waals surface area contributed by atoms with Gasteiger partial charge in [-0.05, 0) is 42.5 Å². The van der Waals surface area contributed by atoms with Crippen LogP contribution in [-0.4, -0.2) is 28.5 Å². The standard InChI is InChI=1S/C21H19FN4O3S2/c1-13(27)23-16-3-2-4-17(9-16)25-20(29)12-31-21-26-18(11-30-21)10-19(28)24-15-7-5-14(22)6-8-15/h2-9,11H,10,12H2,1H3,(H,23,27)(H,24,28)(H,25,29). The van der Waals surface area contributed by atoms with Gasteiger partial charge in [0.05, 0.1) is 17.9 Å². The van der Waals surface area contributed by atoms with E-state index in [0.717, 1.165) is 0 Å². The summed E-state index contributed by atoms with van der Waals surface area (Å²) in [5.74, 6) is -0.881. The van der Waals surface area contributed by atoms with Gasteiger partial charge < -0.3 is 16.0 Å². The summed E-state index contributed by atoms with van der Waals surface area (Å²) in [6.07, 6.45) is 0.0799. The molecule has 0 saturated heterocycles. The largest absolute Gasteiger partial charge is 0.326 e. The fourth-order valence-electron chi connectivity index (χ4n) is 2.54. The second-order valence-corrected chi connectivity index (χ2v) is 8.52. The molecule has 3 rings (SSSR count). The minimum atomic E-state index is -0.372. The van der Waals surface area contributed by atoms with Gasteiger partial charge in [-0.15, -0.1) is 11.3 Å². The molecular formula is C21H19FN4O3S2. The van der Waals surface area contributed by atoms with Crippen molar-refractivity contribution in [2.75, 3.05) is 21.7 Å². The Bertz CT molecular complexity index is 1090. The molecule has 7 nitrogen and oxygen atoms in total. The van der Waals surface area contributed by atoms with Gasteiger partial charge in [0, 0.05) is 29.4 Å². The molecule has 0 aliphatic heterocycles. The van der Waals surface area contributed by atoms with Gasteiger partial charge in [-0.25, -0.2) is 9.37 Å². The lowest BCUT2D eigenvalue weighted by atomic mass is 10.2. The van der Waals surface area contributed by atoms with E-state index in [1.54, 1.807) is 29.6 Å². The average molecular weight is 459 g/mol. The minimum absolute atomic E-state index is 0.0799. The Balaban J connectivity index is 1.46. The lowest BCUT2D eigenvalue weighted by Crippen LogP contribution is -2.15. The average Bonchev–Trinajstić information content (AvgIpc) is 3.15. The van der Waals surface area contributed by atoms with E-state index >= 15 is 0 Å². The molecule has 0 unspecified atom stereocenters. The highest BCUT2D eigenvalue weighted by Gasteiger charge is 2.11.